The molecule has 2 heterocycles. The van der Waals surface area contributed by atoms with E-state index in [1.807, 2.05) is 24.3 Å². The Labute approximate surface area is 145 Å². The topological polar surface area (TPSA) is 44.4 Å². The van der Waals surface area contributed by atoms with Crippen molar-refractivity contribution >= 4 is 24.0 Å². The summed E-state index contributed by atoms with van der Waals surface area (Å²) < 4.78 is 0. The monoisotopic (exact) mass is 337 g/mol. The molecule has 0 aromatic heterocycles. The van der Waals surface area contributed by atoms with Gasteiger partial charge in [-0.3, -0.25) is 4.79 Å². The molecule has 2 fully saturated rings. The van der Waals surface area contributed by atoms with Gasteiger partial charge < -0.3 is 15.5 Å². The fraction of sp³-hybridized carbons (Fsp3) is 0.611. The van der Waals surface area contributed by atoms with Crippen LogP contribution < -0.4 is 10.6 Å². The summed E-state index contributed by atoms with van der Waals surface area (Å²) in [5.74, 6) is 0.182. The van der Waals surface area contributed by atoms with E-state index >= 15 is 0 Å². The van der Waals surface area contributed by atoms with Crippen LogP contribution in [0.4, 0.5) is 5.69 Å². The van der Waals surface area contributed by atoms with E-state index in [-0.39, 0.29) is 18.3 Å². The molecule has 1 amide bonds. The standard InChI is InChI=1S/C18H27N3O.ClH/c1-2-10-20-16-7-4-3-6-15(16)17(22)21-12-9-18(14-21)8-5-11-19-13-18;/h3-4,6-7,19-20H,2,5,8-14H2,1H3;1H. The van der Waals surface area contributed by atoms with Crippen LogP contribution >= 0.6 is 12.4 Å². The van der Waals surface area contributed by atoms with Gasteiger partial charge in [0.1, 0.15) is 0 Å². The molecule has 2 N–H and O–H groups in total. The van der Waals surface area contributed by atoms with E-state index in [0.29, 0.717) is 5.41 Å². The lowest BCUT2D eigenvalue weighted by Gasteiger charge is -2.33. The summed E-state index contributed by atoms with van der Waals surface area (Å²) in [6.45, 7) is 7.02. The first-order valence-corrected chi connectivity index (χ1v) is 8.57. The van der Waals surface area contributed by atoms with Gasteiger partial charge in [0.2, 0.25) is 0 Å². The second-order valence-corrected chi connectivity index (χ2v) is 6.73. The summed E-state index contributed by atoms with van der Waals surface area (Å²) >= 11 is 0. The molecule has 3 rings (SSSR count). The van der Waals surface area contributed by atoms with Gasteiger partial charge in [0.05, 0.1) is 5.56 Å². The highest BCUT2D eigenvalue weighted by Gasteiger charge is 2.40. The summed E-state index contributed by atoms with van der Waals surface area (Å²) in [4.78, 5) is 15.0. The zero-order chi connectivity index (χ0) is 15.4. The highest BCUT2D eigenvalue weighted by Crippen LogP contribution is 2.37. The Morgan fingerprint density at radius 3 is 2.91 bits per heavy atom. The third-order valence-electron chi connectivity index (χ3n) is 5.01. The molecule has 1 unspecified atom stereocenters. The summed E-state index contributed by atoms with van der Waals surface area (Å²) in [5, 5.41) is 6.88. The van der Waals surface area contributed by atoms with Crippen LogP contribution in [-0.2, 0) is 0 Å². The first kappa shape index (κ1) is 18.1. The maximum atomic E-state index is 12.9. The zero-order valence-electron chi connectivity index (χ0n) is 13.9. The number of carbonyl (C=O) groups is 1. The molecule has 2 aliphatic heterocycles. The van der Waals surface area contributed by atoms with Crippen LogP contribution in [0, 0.1) is 5.41 Å². The average Bonchev–Trinajstić information content (AvgIpc) is 2.96. The largest absolute Gasteiger partial charge is 0.384 e. The fourth-order valence-electron chi connectivity index (χ4n) is 3.74. The van der Waals surface area contributed by atoms with Crippen molar-refractivity contribution in [2.24, 2.45) is 5.41 Å². The highest BCUT2D eigenvalue weighted by atomic mass is 35.5. The van der Waals surface area contributed by atoms with Gasteiger partial charge in [-0.1, -0.05) is 19.1 Å². The summed E-state index contributed by atoms with van der Waals surface area (Å²) in [6.07, 6.45) is 4.67. The number of amides is 1. The molecule has 5 heteroatoms. The van der Waals surface area contributed by atoms with Crippen LogP contribution in [0.5, 0.6) is 0 Å². The molecule has 4 nitrogen and oxygen atoms in total. The lowest BCUT2D eigenvalue weighted by molar-refractivity contribution is 0.0765. The maximum absolute atomic E-state index is 12.9. The number of hydrogen-bond acceptors (Lipinski definition) is 3. The predicted octanol–water partition coefficient (Wildman–Crippen LogP) is 3.15. The van der Waals surface area contributed by atoms with Crippen molar-refractivity contribution in [3.05, 3.63) is 29.8 Å². The number of carbonyl (C=O) groups excluding carboxylic acids is 1. The summed E-state index contributed by atoms with van der Waals surface area (Å²) in [7, 11) is 0. The van der Waals surface area contributed by atoms with Crippen LogP contribution in [0.15, 0.2) is 24.3 Å². The lowest BCUT2D eigenvalue weighted by atomic mass is 9.80. The minimum absolute atomic E-state index is 0. The van der Waals surface area contributed by atoms with E-state index in [1.165, 1.54) is 12.8 Å². The Balaban J connectivity index is 0.00000192. The molecule has 0 aliphatic carbocycles. The minimum Gasteiger partial charge on any atom is -0.384 e. The van der Waals surface area contributed by atoms with Gasteiger partial charge >= 0.3 is 0 Å². The number of nitrogens with zero attached hydrogens (tertiary/aromatic N) is 1. The zero-order valence-corrected chi connectivity index (χ0v) is 14.8. The molecular weight excluding hydrogens is 310 g/mol. The van der Waals surface area contributed by atoms with Gasteiger partial charge in [-0.2, -0.15) is 0 Å². The number of nitrogens with one attached hydrogen (secondary N) is 2. The Hall–Kier alpha value is -1.26. The molecule has 1 aromatic rings. The smallest absolute Gasteiger partial charge is 0.255 e. The van der Waals surface area contributed by atoms with E-state index in [4.69, 9.17) is 0 Å². The second kappa shape index (κ2) is 8.02. The Kier molecular flexibility index (Phi) is 6.31. The predicted molar refractivity (Wildman–Crippen MR) is 97.5 cm³/mol. The third kappa shape index (κ3) is 3.99. The van der Waals surface area contributed by atoms with Crippen LogP contribution in [0.2, 0.25) is 0 Å². The van der Waals surface area contributed by atoms with Gasteiger partial charge in [-0.15, -0.1) is 12.4 Å². The highest BCUT2D eigenvalue weighted by molar-refractivity contribution is 5.99. The Morgan fingerprint density at radius 1 is 1.35 bits per heavy atom. The number of anilines is 1. The van der Waals surface area contributed by atoms with Gasteiger partial charge in [-0.05, 0) is 44.4 Å². The van der Waals surface area contributed by atoms with Crippen LogP contribution in [-0.4, -0.2) is 43.5 Å². The second-order valence-electron chi connectivity index (χ2n) is 6.73. The number of benzene rings is 1. The number of piperidine rings is 1. The SMILES string of the molecule is CCCNc1ccccc1C(=O)N1CCC2(CCCNC2)C1.Cl. The molecule has 0 saturated carbocycles. The summed E-state index contributed by atoms with van der Waals surface area (Å²) in [6, 6.07) is 7.91. The molecular formula is C18H28ClN3O. The van der Waals surface area contributed by atoms with Gasteiger partial charge in [0.15, 0.2) is 0 Å². The maximum Gasteiger partial charge on any atom is 0.255 e. The number of rotatable bonds is 4. The minimum atomic E-state index is 0. The van der Waals surface area contributed by atoms with Crippen molar-refractivity contribution in [3.8, 4) is 0 Å². The van der Waals surface area contributed by atoms with Crippen LogP contribution in [0.25, 0.3) is 0 Å². The molecule has 2 aliphatic rings. The molecule has 23 heavy (non-hydrogen) atoms. The first-order chi connectivity index (χ1) is 10.7. The van der Waals surface area contributed by atoms with Crippen LogP contribution in [0.1, 0.15) is 43.0 Å². The van der Waals surface area contributed by atoms with E-state index < -0.39 is 0 Å². The summed E-state index contributed by atoms with van der Waals surface area (Å²) in [5.41, 5.74) is 2.11. The molecule has 0 radical (unpaired) electrons. The normalized spacial score (nSPS) is 23.6. The molecule has 128 valence electrons. The lowest BCUT2D eigenvalue weighted by Crippen LogP contribution is -2.42. The number of halogens is 1. The third-order valence-corrected chi connectivity index (χ3v) is 5.01. The number of para-hydroxylation sites is 1. The molecule has 1 atom stereocenters. The number of hydrogen-bond donors (Lipinski definition) is 2. The van der Waals surface area contributed by atoms with Crippen molar-refractivity contribution in [1.29, 1.82) is 0 Å². The van der Waals surface area contributed by atoms with E-state index in [0.717, 1.165) is 56.8 Å². The van der Waals surface area contributed by atoms with Crippen molar-refractivity contribution in [3.63, 3.8) is 0 Å². The molecule has 2 saturated heterocycles. The first-order valence-electron chi connectivity index (χ1n) is 8.57. The fourth-order valence-corrected chi connectivity index (χ4v) is 3.74. The Morgan fingerprint density at radius 2 is 2.17 bits per heavy atom. The van der Waals surface area contributed by atoms with E-state index in [9.17, 15) is 4.79 Å². The van der Waals surface area contributed by atoms with Crippen molar-refractivity contribution in [2.45, 2.75) is 32.6 Å². The van der Waals surface area contributed by atoms with Crippen molar-refractivity contribution in [2.75, 3.05) is 38.0 Å². The molecule has 0 bridgehead atoms. The van der Waals surface area contributed by atoms with E-state index in [1.54, 1.807) is 0 Å². The van der Waals surface area contributed by atoms with Gasteiger partial charge in [-0.25, -0.2) is 0 Å². The van der Waals surface area contributed by atoms with Gasteiger partial charge in [0, 0.05) is 37.3 Å². The van der Waals surface area contributed by atoms with Crippen molar-refractivity contribution in [1.82, 2.24) is 10.2 Å². The number of likely N-dealkylation sites (tertiary alicyclic amines) is 1. The van der Waals surface area contributed by atoms with Gasteiger partial charge in [0.25, 0.3) is 5.91 Å². The average molecular weight is 338 g/mol. The molecule has 1 aromatic carbocycles. The molecule has 1 spiro atoms. The van der Waals surface area contributed by atoms with E-state index in [2.05, 4.69) is 22.5 Å². The quantitative estimate of drug-likeness (QED) is 0.887. The van der Waals surface area contributed by atoms with Crippen LogP contribution in [0.3, 0.4) is 0 Å². The van der Waals surface area contributed by atoms with Crippen molar-refractivity contribution < 1.29 is 4.79 Å². The Bertz CT molecular complexity index is 529.